The van der Waals surface area contributed by atoms with E-state index in [1.807, 2.05) is 6.92 Å². The molecule has 0 aliphatic heterocycles. The molecule has 1 unspecified atom stereocenters. The Morgan fingerprint density at radius 3 is 2.80 bits per heavy atom. The Hall–Kier alpha value is -1.16. The molecule has 2 N–H and O–H groups in total. The van der Waals surface area contributed by atoms with Gasteiger partial charge in [-0.3, -0.25) is 0 Å². The van der Waals surface area contributed by atoms with Crippen LogP contribution in [0.3, 0.4) is 0 Å². The van der Waals surface area contributed by atoms with Crippen LogP contribution in [0.5, 0.6) is 5.75 Å². The second-order valence-electron chi connectivity index (χ2n) is 3.30. The molecular formula is C11H14FNOS. The molecule has 4 heteroatoms. The quantitative estimate of drug-likeness (QED) is 0.803. The molecule has 0 aromatic heterocycles. The molecule has 82 valence electrons. The fourth-order valence-electron chi connectivity index (χ4n) is 1.21. The Morgan fingerprint density at radius 1 is 1.60 bits per heavy atom. The normalized spacial score (nSPS) is 12.2. The van der Waals surface area contributed by atoms with Gasteiger partial charge in [0.1, 0.15) is 11.1 Å². The van der Waals surface area contributed by atoms with E-state index in [-0.39, 0.29) is 16.6 Å². The molecule has 1 aromatic rings. The summed E-state index contributed by atoms with van der Waals surface area (Å²) in [5, 5.41) is 0. The van der Waals surface area contributed by atoms with Crippen LogP contribution in [0.15, 0.2) is 18.2 Å². The van der Waals surface area contributed by atoms with E-state index < -0.39 is 6.10 Å². The van der Waals surface area contributed by atoms with Gasteiger partial charge in [-0.05, 0) is 25.0 Å². The van der Waals surface area contributed by atoms with Gasteiger partial charge in [0.25, 0.3) is 0 Å². The average Bonchev–Trinajstić information content (AvgIpc) is 2.19. The number of rotatable bonds is 4. The van der Waals surface area contributed by atoms with Crippen molar-refractivity contribution in [1.82, 2.24) is 0 Å². The lowest BCUT2D eigenvalue weighted by Gasteiger charge is -2.16. The van der Waals surface area contributed by atoms with Crippen LogP contribution in [-0.4, -0.2) is 11.1 Å². The predicted octanol–water partition coefficient (Wildman–Crippen LogP) is 2.58. The van der Waals surface area contributed by atoms with E-state index in [1.54, 1.807) is 25.1 Å². The third-order valence-corrected chi connectivity index (χ3v) is 2.38. The molecule has 0 fully saturated rings. The number of halogens is 1. The van der Waals surface area contributed by atoms with Gasteiger partial charge in [0.2, 0.25) is 0 Å². The highest BCUT2D eigenvalue weighted by Gasteiger charge is 2.14. The number of aryl methyl sites for hydroxylation is 1. The molecule has 0 bridgehead atoms. The minimum Gasteiger partial charge on any atom is -0.480 e. The molecule has 0 saturated carbocycles. The highest BCUT2D eigenvalue weighted by molar-refractivity contribution is 7.80. The van der Waals surface area contributed by atoms with Crippen molar-refractivity contribution in [3.05, 3.63) is 29.6 Å². The van der Waals surface area contributed by atoms with Gasteiger partial charge in [0, 0.05) is 0 Å². The largest absolute Gasteiger partial charge is 0.480 e. The zero-order valence-corrected chi connectivity index (χ0v) is 9.60. The Kier molecular flexibility index (Phi) is 4.03. The van der Waals surface area contributed by atoms with E-state index in [1.165, 1.54) is 0 Å². The molecule has 0 aliphatic rings. The first-order valence-corrected chi connectivity index (χ1v) is 5.18. The van der Waals surface area contributed by atoms with Crippen molar-refractivity contribution in [3.8, 4) is 5.75 Å². The van der Waals surface area contributed by atoms with Crippen LogP contribution in [0.2, 0.25) is 0 Å². The van der Waals surface area contributed by atoms with Crippen LogP contribution in [0.4, 0.5) is 4.39 Å². The van der Waals surface area contributed by atoms with Gasteiger partial charge >= 0.3 is 0 Å². The molecule has 0 saturated heterocycles. The average molecular weight is 227 g/mol. The van der Waals surface area contributed by atoms with Crippen LogP contribution < -0.4 is 10.5 Å². The summed E-state index contributed by atoms with van der Waals surface area (Å²) in [5.74, 6) is -0.151. The molecular weight excluding hydrogens is 213 g/mol. The number of hydrogen-bond acceptors (Lipinski definition) is 2. The molecule has 0 amide bonds. The first-order chi connectivity index (χ1) is 7.06. The Balaban J connectivity index is 2.88. The molecule has 2 nitrogen and oxygen atoms in total. The van der Waals surface area contributed by atoms with Crippen molar-refractivity contribution in [2.75, 3.05) is 0 Å². The highest BCUT2D eigenvalue weighted by Crippen LogP contribution is 2.21. The van der Waals surface area contributed by atoms with Crippen LogP contribution in [0.25, 0.3) is 0 Å². The Morgan fingerprint density at radius 2 is 2.27 bits per heavy atom. The maximum Gasteiger partial charge on any atom is 0.167 e. The van der Waals surface area contributed by atoms with Crippen molar-refractivity contribution in [2.24, 2.45) is 5.73 Å². The topological polar surface area (TPSA) is 35.2 Å². The summed E-state index contributed by atoms with van der Waals surface area (Å²) in [7, 11) is 0. The van der Waals surface area contributed by atoms with E-state index in [4.69, 9.17) is 22.7 Å². The summed E-state index contributed by atoms with van der Waals surface area (Å²) in [5.41, 5.74) is 6.01. The van der Waals surface area contributed by atoms with Gasteiger partial charge < -0.3 is 10.5 Å². The summed E-state index contributed by atoms with van der Waals surface area (Å²) in [6.07, 6.45) is 0.221. The third kappa shape index (κ3) is 2.89. The van der Waals surface area contributed by atoms with Crippen LogP contribution in [0, 0.1) is 12.7 Å². The molecule has 1 aromatic carbocycles. The van der Waals surface area contributed by atoms with Crippen LogP contribution in [0.1, 0.15) is 18.9 Å². The smallest absolute Gasteiger partial charge is 0.167 e. The number of thiocarbonyl (C=S) groups is 1. The molecule has 0 radical (unpaired) electrons. The van der Waals surface area contributed by atoms with Crippen molar-refractivity contribution < 1.29 is 9.13 Å². The lowest BCUT2D eigenvalue weighted by atomic mass is 10.2. The zero-order valence-electron chi connectivity index (χ0n) is 8.79. The van der Waals surface area contributed by atoms with Crippen molar-refractivity contribution in [2.45, 2.75) is 26.4 Å². The number of hydrogen-bond donors (Lipinski definition) is 1. The van der Waals surface area contributed by atoms with Gasteiger partial charge in [-0.1, -0.05) is 31.3 Å². The van der Waals surface area contributed by atoms with Crippen molar-refractivity contribution in [3.63, 3.8) is 0 Å². The second-order valence-corrected chi connectivity index (χ2v) is 3.78. The van der Waals surface area contributed by atoms with Crippen LogP contribution >= 0.6 is 12.2 Å². The second kappa shape index (κ2) is 5.07. The molecule has 1 rings (SSSR count). The number of nitrogens with two attached hydrogens (primary N) is 1. The van der Waals surface area contributed by atoms with Gasteiger partial charge in [-0.2, -0.15) is 0 Å². The van der Waals surface area contributed by atoms with E-state index in [0.29, 0.717) is 12.0 Å². The first kappa shape index (κ1) is 11.9. The van der Waals surface area contributed by atoms with E-state index >= 15 is 0 Å². The lowest BCUT2D eigenvalue weighted by molar-refractivity contribution is 0.251. The zero-order chi connectivity index (χ0) is 11.4. The molecule has 0 spiro atoms. The molecule has 0 heterocycles. The summed E-state index contributed by atoms with van der Waals surface area (Å²) in [4.78, 5) is 0.249. The van der Waals surface area contributed by atoms with Crippen molar-refractivity contribution in [1.29, 1.82) is 0 Å². The number of benzene rings is 1. The van der Waals surface area contributed by atoms with E-state index in [2.05, 4.69) is 0 Å². The SMILES string of the molecule is CCC(Oc1cccc(C)c1F)C(N)=S. The van der Waals surface area contributed by atoms with E-state index in [9.17, 15) is 4.39 Å². The highest BCUT2D eigenvalue weighted by atomic mass is 32.1. The third-order valence-electron chi connectivity index (χ3n) is 2.11. The standard InChI is InChI=1S/C11H14FNOS/c1-3-8(11(13)15)14-9-6-4-5-7(2)10(9)12/h4-6,8H,3H2,1-2H3,(H2,13,15). The predicted molar refractivity (Wildman–Crippen MR) is 62.6 cm³/mol. The summed E-state index contributed by atoms with van der Waals surface area (Å²) < 4.78 is 18.9. The molecule has 1 atom stereocenters. The first-order valence-electron chi connectivity index (χ1n) is 4.77. The minimum absolute atomic E-state index is 0.203. The van der Waals surface area contributed by atoms with Gasteiger partial charge in [-0.25, -0.2) is 4.39 Å². The van der Waals surface area contributed by atoms with E-state index in [0.717, 1.165) is 0 Å². The molecule has 0 aliphatic carbocycles. The van der Waals surface area contributed by atoms with Gasteiger partial charge in [0.05, 0.1) is 0 Å². The molecule has 15 heavy (non-hydrogen) atoms. The fraction of sp³-hybridized carbons (Fsp3) is 0.364. The van der Waals surface area contributed by atoms with Crippen molar-refractivity contribution >= 4 is 17.2 Å². The Bertz CT molecular complexity index is 368. The summed E-state index contributed by atoms with van der Waals surface area (Å²) in [6, 6.07) is 4.99. The van der Waals surface area contributed by atoms with Gasteiger partial charge in [-0.15, -0.1) is 0 Å². The number of ether oxygens (including phenoxy) is 1. The van der Waals surface area contributed by atoms with Crippen LogP contribution in [-0.2, 0) is 0 Å². The fourth-order valence-corrected chi connectivity index (χ4v) is 1.42. The summed E-state index contributed by atoms with van der Waals surface area (Å²) >= 11 is 4.82. The maximum atomic E-state index is 13.6. The van der Waals surface area contributed by atoms with Gasteiger partial charge in [0.15, 0.2) is 11.6 Å². The Labute approximate surface area is 94.2 Å². The maximum absolute atomic E-state index is 13.6. The monoisotopic (exact) mass is 227 g/mol. The minimum atomic E-state index is -0.406. The summed E-state index contributed by atoms with van der Waals surface area (Å²) in [6.45, 7) is 3.57. The lowest BCUT2D eigenvalue weighted by Crippen LogP contribution is -2.31.